The van der Waals surface area contributed by atoms with Gasteiger partial charge >= 0.3 is 0 Å². The van der Waals surface area contributed by atoms with Crippen LogP contribution in [-0.4, -0.2) is 0 Å². The van der Waals surface area contributed by atoms with E-state index in [1.807, 2.05) is 0 Å². The molecule has 2 aliphatic rings. The minimum Gasteiger partial charge on any atom is -0.195 e. The molecule has 2 saturated carbocycles. The van der Waals surface area contributed by atoms with E-state index in [1.54, 1.807) is 17.7 Å². The maximum atomic E-state index is 13.1. The van der Waals surface area contributed by atoms with Crippen LogP contribution in [0.15, 0.2) is 36.2 Å². The third-order valence-electron chi connectivity index (χ3n) is 7.56. The average Bonchev–Trinajstić information content (AvgIpc) is 2.78. The normalized spacial score (nSPS) is 28.1. The highest BCUT2D eigenvalue weighted by Crippen LogP contribution is 2.38. The van der Waals surface area contributed by atoms with E-state index < -0.39 is 5.83 Å². The van der Waals surface area contributed by atoms with Crippen molar-refractivity contribution in [1.82, 2.24) is 0 Å². The number of nitriles is 1. The first-order valence-corrected chi connectivity index (χ1v) is 12.0. The first-order valence-electron chi connectivity index (χ1n) is 12.0. The van der Waals surface area contributed by atoms with Crippen LogP contribution >= 0.6 is 0 Å². The SMILES string of the molecule is CCc1ccc(C2CCC(CCCCC3CCC(/C=C(/F)C#N)CC3)CC2)cc1. The van der Waals surface area contributed by atoms with Crippen LogP contribution in [0.3, 0.4) is 0 Å². The molecule has 0 aromatic heterocycles. The standard InChI is InChI=1S/C27H38FN/c1-2-21-11-15-25(16-12-21)26-17-13-23(14-18-26)6-4-3-5-22-7-9-24(10-8-22)19-27(28)20-29/h11-12,15-16,19,22-24,26H,2-10,13-14,17-18H2,1H3/b27-19+. The van der Waals surface area contributed by atoms with Gasteiger partial charge in [-0.1, -0.05) is 56.9 Å². The number of hydrogen-bond donors (Lipinski definition) is 0. The number of allylic oxidation sites excluding steroid dienone is 2. The summed E-state index contributed by atoms with van der Waals surface area (Å²) < 4.78 is 13.1. The molecule has 158 valence electrons. The fourth-order valence-electron chi connectivity index (χ4n) is 5.56. The summed E-state index contributed by atoms with van der Waals surface area (Å²) in [5.41, 5.74) is 3.00. The summed E-state index contributed by atoms with van der Waals surface area (Å²) in [6, 6.07) is 11.0. The molecular weight excluding hydrogens is 357 g/mol. The highest BCUT2D eigenvalue weighted by Gasteiger charge is 2.23. The monoisotopic (exact) mass is 395 g/mol. The molecular formula is C27H38FN. The number of halogens is 1. The zero-order valence-electron chi connectivity index (χ0n) is 18.2. The fourth-order valence-corrected chi connectivity index (χ4v) is 5.56. The van der Waals surface area contributed by atoms with E-state index in [-0.39, 0.29) is 0 Å². The highest BCUT2D eigenvalue weighted by molar-refractivity contribution is 5.25. The Morgan fingerprint density at radius 2 is 1.48 bits per heavy atom. The van der Waals surface area contributed by atoms with Crippen LogP contribution in [0.4, 0.5) is 4.39 Å². The second-order valence-electron chi connectivity index (χ2n) is 9.50. The molecule has 0 atom stereocenters. The molecule has 0 aliphatic heterocycles. The van der Waals surface area contributed by atoms with Gasteiger partial charge in [-0.2, -0.15) is 9.65 Å². The Morgan fingerprint density at radius 3 is 2.00 bits per heavy atom. The topological polar surface area (TPSA) is 23.8 Å². The summed E-state index contributed by atoms with van der Waals surface area (Å²) in [6.45, 7) is 2.22. The molecule has 2 heteroatoms. The maximum Gasteiger partial charge on any atom is 0.196 e. The molecule has 0 unspecified atom stereocenters. The molecule has 29 heavy (non-hydrogen) atoms. The van der Waals surface area contributed by atoms with Crippen molar-refractivity contribution in [1.29, 1.82) is 5.26 Å². The van der Waals surface area contributed by atoms with Gasteiger partial charge in [-0.25, -0.2) is 0 Å². The number of unbranched alkanes of at least 4 members (excludes halogenated alkanes) is 1. The Kier molecular flexibility index (Phi) is 8.78. The zero-order valence-corrected chi connectivity index (χ0v) is 18.2. The van der Waals surface area contributed by atoms with Crippen molar-refractivity contribution in [2.24, 2.45) is 17.8 Å². The molecule has 2 fully saturated rings. The maximum absolute atomic E-state index is 13.1. The van der Waals surface area contributed by atoms with E-state index in [1.165, 1.54) is 69.8 Å². The van der Waals surface area contributed by atoms with Crippen LogP contribution in [0.1, 0.15) is 101 Å². The van der Waals surface area contributed by atoms with Gasteiger partial charge in [0.1, 0.15) is 6.07 Å². The van der Waals surface area contributed by atoms with Crippen molar-refractivity contribution in [2.45, 2.75) is 96.3 Å². The molecule has 1 nitrogen and oxygen atoms in total. The predicted molar refractivity (Wildman–Crippen MR) is 119 cm³/mol. The zero-order chi connectivity index (χ0) is 20.5. The lowest BCUT2D eigenvalue weighted by atomic mass is 9.76. The fraction of sp³-hybridized carbons (Fsp3) is 0.667. The van der Waals surface area contributed by atoms with E-state index in [9.17, 15) is 4.39 Å². The van der Waals surface area contributed by atoms with Gasteiger partial charge in [0.15, 0.2) is 5.83 Å². The summed E-state index contributed by atoms with van der Waals surface area (Å²) in [4.78, 5) is 0. The first-order chi connectivity index (χ1) is 14.2. The first kappa shape index (κ1) is 22.1. The van der Waals surface area contributed by atoms with Crippen molar-refractivity contribution < 1.29 is 4.39 Å². The summed E-state index contributed by atoms with van der Waals surface area (Å²) in [6.07, 6.45) is 18.2. The van der Waals surface area contributed by atoms with E-state index in [0.29, 0.717) is 5.92 Å². The minimum atomic E-state index is -0.596. The van der Waals surface area contributed by atoms with Gasteiger partial charge in [-0.05, 0) is 98.7 Å². The van der Waals surface area contributed by atoms with Gasteiger partial charge in [0, 0.05) is 0 Å². The van der Waals surface area contributed by atoms with Crippen LogP contribution < -0.4 is 0 Å². The molecule has 0 saturated heterocycles. The number of benzene rings is 1. The van der Waals surface area contributed by atoms with Gasteiger partial charge in [0.2, 0.25) is 0 Å². The molecule has 2 aliphatic carbocycles. The number of rotatable bonds is 8. The molecule has 0 spiro atoms. The second kappa shape index (κ2) is 11.5. The molecule has 3 rings (SSSR count). The van der Waals surface area contributed by atoms with Crippen molar-refractivity contribution in [2.75, 3.05) is 0 Å². The van der Waals surface area contributed by atoms with Crippen molar-refractivity contribution in [3.8, 4) is 6.07 Å². The lowest BCUT2D eigenvalue weighted by Crippen LogP contribution is -2.14. The van der Waals surface area contributed by atoms with Crippen LogP contribution in [0, 0.1) is 29.1 Å². The van der Waals surface area contributed by atoms with Crippen LogP contribution in [0.5, 0.6) is 0 Å². The Morgan fingerprint density at radius 1 is 0.931 bits per heavy atom. The molecule has 1 aromatic carbocycles. The third-order valence-corrected chi connectivity index (χ3v) is 7.56. The van der Waals surface area contributed by atoms with E-state index >= 15 is 0 Å². The lowest BCUT2D eigenvalue weighted by Gasteiger charge is -2.29. The summed E-state index contributed by atoms with van der Waals surface area (Å²) in [7, 11) is 0. The highest BCUT2D eigenvalue weighted by atomic mass is 19.1. The Labute approximate surface area is 177 Å². The smallest absolute Gasteiger partial charge is 0.195 e. The lowest BCUT2D eigenvalue weighted by molar-refractivity contribution is 0.272. The molecule has 1 aromatic rings. The number of aryl methyl sites for hydroxylation is 1. The second-order valence-corrected chi connectivity index (χ2v) is 9.50. The molecule has 0 heterocycles. The number of hydrogen-bond acceptors (Lipinski definition) is 1. The van der Waals surface area contributed by atoms with Crippen LogP contribution in [-0.2, 0) is 6.42 Å². The molecule has 0 radical (unpaired) electrons. The molecule has 0 bridgehead atoms. The largest absolute Gasteiger partial charge is 0.196 e. The van der Waals surface area contributed by atoms with Crippen LogP contribution in [0.25, 0.3) is 0 Å². The predicted octanol–water partition coefficient (Wildman–Crippen LogP) is 8.27. The van der Waals surface area contributed by atoms with Crippen molar-refractivity contribution in [3.63, 3.8) is 0 Å². The summed E-state index contributed by atoms with van der Waals surface area (Å²) in [5, 5.41) is 8.57. The number of nitrogens with zero attached hydrogens (tertiary/aromatic N) is 1. The van der Waals surface area contributed by atoms with Crippen molar-refractivity contribution in [3.05, 3.63) is 47.3 Å². The minimum absolute atomic E-state index is 0.291. The third kappa shape index (κ3) is 6.98. The van der Waals surface area contributed by atoms with Crippen molar-refractivity contribution >= 4 is 0 Å². The average molecular weight is 396 g/mol. The Hall–Kier alpha value is -1.62. The van der Waals surface area contributed by atoms with Gasteiger partial charge in [-0.3, -0.25) is 0 Å². The molecule has 0 N–H and O–H groups in total. The quantitative estimate of drug-likeness (QED) is 0.321. The summed E-state index contributed by atoms with van der Waals surface area (Å²) >= 11 is 0. The summed E-state index contributed by atoms with van der Waals surface area (Å²) in [5.74, 6) is 2.25. The van der Waals surface area contributed by atoms with E-state index in [2.05, 4.69) is 31.2 Å². The Balaban J connectivity index is 1.27. The Bertz CT molecular complexity index is 667. The van der Waals surface area contributed by atoms with Gasteiger partial charge in [0.05, 0.1) is 0 Å². The van der Waals surface area contributed by atoms with Crippen LogP contribution in [0.2, 0.25) is 0 Å². The van der Waals surface area contributed by atoms with Gasteiger partial charge < -0.3 is 0 Å². The molecule has 0 amide bonds. The van der Waals surface area contributed by atoms with E-state index in [4.69, 9.17) is 5.26 Å². The van der Waals surface area contributed by atoms with E-state index in [0.717, 1.165) is 37.0 Å². The van der Waals surface area contributed by atoms with Gasteiger partial charge in [0.25, 0.3) is 0 Å². The van der Waals surface area contributed by atoms with Gasteiger partial charge in [-0.15, -0.1) is 0 Å².